The third kappa shape index (κ3) is 5.33. The first-order valence-corrected chi connectivity index (χ1v) is 12.7. The number of H-pyrrole nitrogens is 1. The number of phenols is 1. The normalized spacial score (nSPS) is 12.2. The molecule has 4 aromatic rings. The van der Waals surface area contributed by atoms with Crippen molar-refractivity contribution in [3.05, 3.63) is 66.4 Å². The van der Waals surface area contributed by atoms with Crippen LogP contribution in [0.25, 0.3) is 10.9 Å². The van der Waals surface area contributed by atoms with Gasteiger partial charge in [0.05, 0.1) is 16.9 Å². The molecule has 37 heavy (non-hydrogen) atoms. The Kier molecular flexibility index (Phi) is 7.58. The lowest BCUT2D eigenvalue weighted by molar-refractivity contribution is -0.137. The van der Waals surface area contributed by atoms with Crippen LogP contribution in [-0.2, 0) is 21.1 Å². The van der Waals surface area contributed by atoms with Crippen molar-refractivity contribution < 1.29 is 36.7 Å². The summed E-state index contributed by atoms with van der Waals surface area (Å²) in [6, 6.07) is 12.3. The molecule has 1 atom stereocenters. The Morgan fingerprint density at radius 1 is 1.05 bits per heavy atom. The molecule has 0 amide bonds. The van der Waals surface area contributed by atoms with Gasteiger partial charge in [-0.1, -0.05) is 0 Å². The fourth-order valence-electron chi connectivity index (χ4n) is 3.80. The van der Waals surface area contributed by atoms with Crippen LogP contribution in [0.2, 0.25) is 0 Å². The van der Waals surface area contributed by atoms with Gasteiger partial charge in [-0.15, -0.1) is 0 Å². The third-order valence-corrected chi connectivity index (χ3v) is 7.79. The first-order valence-electron chi connectivity index (χ1n) is 10.6. The van der Waals surface area contributed by atoms with Crippen molar-refractivity contribution in [3.63, 3.8) is 0 Å². The number of nitrogens with one attached hydrogen (secondary N) is 2. The second-order valence-corrected chi connectivity index (χ2v) is 10.2. The number of hydrogen-bond donors (Lipinski definition) is 4. The molecule has 3 aromatic carbocycles. The molecule has 0 saturated carbocycles. The van der Waals surface area contributed by atoms with Crippen LogP contribution >= 0.6 is 23.7 Å². The SMILES string of the molecule is COc1ccc(S(=O)(=O)c2c[nH]c3ccc(N[C@H](Cc4cc(OCl)c(O)c(OCl)c4)C(=O)O)cc23)cc1. The Hall–Kier alpha value is -3.80. The average Bonchev–Trinajstić information content (AvgIpc) is 3.33. The second-order valence-electron chi connectivity index (χ2n) is 7.93. The van der Waals surface area contributed by atoms with E-state index in [1.807, 2.05) is 0 Å². The average molecular weight is 567 g/mol. The van der Waals surface area contributed by atoms with Gasteiger partial charge in [-0.25, -0.2) is 13.2 Å². The van der Waals surface area contributed by atoms with Gasteiger partial charge < -0.3 is 33.8 Å². The van der Waals surface area contributed by atoms with Gasteiger partial charge in [0.15, 0.2) is 11.5 Å². The number of hydrogen-bond acceptors (Lipinski definition) is 8. The second kappa shape index (κ2) is 10.7. The Labute approximate surface area is 221 Å². The smallest absolute Gasteiger partial charge is 0.326 e. The predicted octanol–water partition coefficient (Wildman–Crippen LogP) is 4.89. The van der Waals surface area contributed by atoms with Crippen LogP contribution in [-0.4, -0.2) is 42.7 Å². The van der Waals surface area contributed by atoms with Gasteiger partial charge >= 0.3 is 5.97 Å². The number of aromatic hydroxyl groups is 1. The lowest BCUT2D eigenvalue weighted by atomic mass is 10.0. The fraction of sp³-hybridized carbons (Fsp3) is 0.125. The summed E-state index contributed by atoms with van der Waals surface area (Å²) in [5.41, 5.74) is 1.30. The van der Waals surface area contributed by atoms with Crippen molar-refractivity contribution in [2.45, 2.75) is 22.3 Å². The van der Waals surface area contributed by atoms with Crippen LogP contribution in [0.4, 0.5) is 5.69 Å². The predicted molar refractivity (Wildman–Crippen MR) is 137 cm³/mol. The Bertz CT molecular complexity index is 1530. The number of anilines is 1. The molecule has 0 aliphatic carbocycles. The maximum Gasteiger partial charge on any atom is 0.326 e. The molecule has 194 valence electrons. The highest BCUT2D eigenvalue weighted by molar-refractivity contribution is 7.91. The lowest BCUT2D eigenvalue weighted by Gasteiger charge is -2.17. The van der Waals surface area contributed by atoms with Crippen molar-refractivity contribution in [3.8, 4) is 23.0 Å². The largest absolute Gasteiger partial charge is 0.502 e. The summed E-state index contributed by atoms with van der Waals surface area (Å²) in [5.74, 6) is -1.44. The van der Waals surface area contributed by atoms with Crippen molar-refractivity contribution in [2.24, 2.45) is 0 Å². The van der Waals surface area contributed by atoms with Gasteiger partial charge in [-0.2, -0.15) is 0 Å². The number of aromatic nitrogens is 1. The number of fused-ring (bicyclic) bond motifs is 1. The number of ether oxygens (including phenoxy) is 1. The molecule has 0 spiro atoms. The van der Waals surface area contributed by atoms with Crippen LogP contribution in [0.5, 0.6) is 23.0 Å². The van der Waals surface area contributed by atoms with Crippen LogP contribution in [0.3, 0.4) is 0 Å². The third-order valence-electron chi connectivity index (χ3n) is 5.65. The molecule has 0 unspecified atom stereocenters. The summed E-state index contributed by atoms with van der Waals surface area (Å²) in [6.07, 6.45) is 1.30. The Morgan fingerprint density at radius 2 is 1.70 bits per heavy atom. The summed E-state index contributed by atoms with van der Waals surface area (Å²) in [7, 11) is -2.40. The topological polar surface area (TPSA) is 147 Å². The minimum Gasteiger partial charge on any atom is -0.502 e. The highest BCUT2D eigenvalue weighted by atomic mass is 35.5. The number of methoxy groups -OCH3 is 1. The molecule has 0 aliphatic rings. The number of sulfone groups is 1. The van der Waals surface area contributed by atoms with E-state index in [2.05, 4.69) is 18.9 Å². The molecule has 4 N–H and O–H groups in total. The van der Waals surface area contributed by atoms with E-state index in [1.54, 1.807) is 30.3 Å². The molecule has 0 bridgehead atoms. The van der Waals surface area contributed by atoms with Crippen molar-refractivity contribution in [2.75, 3.05) is 12.4 Å². The lowest BCUT2D eigenvalue weighted by Crippen LogP contribution is -2.31. The van der Waals surface area contributed by atoms with Gasteiger partial charge in [0.1, 0.15) is 35.5 Å². The van der Waals surface area contributed by atoms with Crippen molar-refractivity contribution >= 4 is 56.1 Å². The molecule has 4 rings (SSSR count). The van der Waals surface area contributed by atoms with E-state index in [9.17, 15) is 23.4 Å². The van der Waals surface area contributed by atoms with E-state index in [1.165, 1.54) is 37.6 Å². The highest BCUT2D eigenvalue weighted by Gasteiger charge is 2.24. The zero-order valence-corrected chi connectivity index (χ0v) is 21.4. The van der Waals surface area contributed by atoms with E-state index in [0.29, 0.717) is 27.9 Å². The molecule has 0 saturated heterocycles. The summed E-state index contributed by atoms with van der Waals surface area (Å²) in [6.45, 7) is 0. The molecule has 1 heterocycles. The van der Waals surface area contributed by atoms with Crippen LogP contribution in [0.15, 0.2) is 70.6 Å². The number of benzene rings is 3. The molecule has 1 aromatic heterocycles. The Morgan fingerprint density at radius 3 is 2.27 bits per heavy atom. The number of rotatable bonds is 10. The standard InChI is InChI=1S/C24H20Cl2N2O8S/c1-34-15-3-5-16(6-4-15)37(32,33)22-12-27-18-7-2-14(11-17(18)22)28-19(24(30)31)8-13-9-20(35-25)23(29)21(10-13)36-26/h2-7,9-12,19,27-29H,8H2,1H3,(H,30,31)/t19-/m1/s1. The summed E-state index contributed by atoms with van der Waals surface area (Å²) < 4.78 is 40.8. The van der Waals surface area contributed by atoms with Gasteiger partial charge in [0, 0.05) is 29.2 Å². The first-order chi connectivity index (χ1) is 17.7. The molecule has 10 nitrogen and oxygen atoms in total. The van der Waals surface area contributed by atoms with Gasteiger partial charge in [-0.3, -0.25) is 0 Å². The summed E-state index contributed by atoms with van der Waals surface area (Å²) in [5, 5.41) is 23.1. The zero-order chi connectivity index (χ0) is 26.7. The van der Waals surface area contributed by atoms with Crippen LogP contribution < -0.4 is 18.6 Å². The quantitative estimate of drug-likeness (QED) is 0.210. The molecule has 0 fully saturated rings. The molecular weight excluding hydrogens is 547 g/mol. The minimum absolute atomic E-state index is 0.0366. The Balaban J connectivity index is 1.66. The molecule has 13 heteroatoms. The summed E-state index contributed by atoms with van der Waals surface area (Å²) in [4.78, 5) is 15.1. The number of carboxylic acids is 1. The molecule has 0 aliphatic heterocycles. The maximum absolute atomic E-state index is 13.3. The van der Waals surface area contributed by atoms with E-state index >= 15 is 0 Å². The zero-order valence-electron chi connectivity index (χ0n) is 19.1. The first kappa shape index (κ1) is 26.3. The summed E-state index contributed by atoms with van der Waals surface area (Å²) >= 11 is 10.7. The number of phenolic OH excluding ortho intramolecular Hbond substituents is 1. The fourth-order valence-corrected chi connectivity index (χ4v) is 5.45. The van der Waals surface area contributed by atoms with Gasteiger partial charge in [0.2, 0.25) is 15.6 Å². The van der Waals surface area contributed by atoms with Crippen LogP contribution in [0, 0.1) is 0 Å². The maximum atomic E-state index is 13.3. The van der Waals surface area contributed by atoms with E-state index in [-0.39, 0.29) is 27.7 Å². The van der Waals surface area contributed by atoms with Gasteiger partial charge in [-0.05, 0) is 60.2 Å². The van der Waals surface area contributed by atoms with E-state index in [4.69, 9.17) is 28.5 Å². The monoisotopic (exact) mass is 566 g/mol. The van der Waals surface area contributed by atoms with E-state index in [0.717, 1.165) is 0 Å². The number of aliphatic carboxylic acids is 1. The highest BCUT2D eigenvalue weighted by Crippen LogP contribution is 2.39. The number of carboxylic acid groups (broad SMARTS) is 1. The van der Waals surface area contributed by atoms with Crippen molar-refractivity contribution in [1.82, 2.24) is 4.98 Å². The molecule has 0 radical (unpaired) electrons. The minimum atomic E-state index is -3.88. The van der Waals surface area contributed by atoms with Crippen LogP contribution in [0.1, 0.15) is 5.56 Å². The number of carbonyl (C=O) groups is 1. The number of aromatic amines is 1. The molecular formula is C24H20Cl2N2O8S. The number of halogens is 2. The van der Waals surface area contributed by atoms with E-state index < -0.39 is 27.6 Å². The van der Waals surface area contributed by atoms with Gasteiger partial charge in [0.25, 0.3) is 0 Å². The van der Waals surface area contributed by atoms with Crippen molar-refractivity contribution in [1.29, 1.82) is 0 Å².